The lowest BCUT2D eigenvalue weighted by atomic mass is 9.77. The van der Waals surface area contributed by atoms with Crippen molar-refractivity contribution in [3.63, 3.8) is 0 Å². The molecule has 3 heteroatoms. The zero-order valence-electron chi connectivity index (χ0n) is 12.1. The average Bonchev–Trinajstić information content (AvgIpc) is 2.47. The van der Waals surface area contributed by atoms with Gasteiger partial charge in [0.05, 0.1) is 0 Å². The van der Waals surface area contributed by atoms with E-state index in [-0.39, 0.29) is 17.4 Å². The van der Waals surface area contributed by atoms with Crippen molar-refractivity contribution in [2.75, 3.05) is 13.1 Å². The predicted molar refractivity (Wildman–Crippen MR) is 80.5 cm³/mol. The highest BCUT2D eigenvalue weighted by atomic mass is 19.1. The molecule has 2 atom stereocenters. The summed E-state index contributed by atoms with van der Waals surface area (Å²) in [5.74, 6) is -0.876. The van der Waals surface area contributed by atoms with Crippen LogP contribution in [0, 0.1) is 18.6 Å². The van der Waals surface area contributed by atoms with Gasteiger partial charge in [0, 0.05) is 18.0 Å². The van der Waals surface area contributed by atoms with Crippen LogP contribution in [0.1, 0.15) is 34.9 Å². The van der Waals surface area contributed by atoms with Crippen molar-refractivity contribution < 1.29 is 8.78 Å². The Kier molecular flexibility index (Phi) is 4.02. The topological polar surface area (TPSA) is 12.0 Å². The molecule has 0 aromatic heterocycles. The van der Waals surface area contributed by atoms with Gasteiger partial charge in [-0.25, -0.2) is 8.78 Å². The van der Waals surface area contributed by atoms with Crippen LogP contribution in [0.25, 0.3) is 0 Å². The highest BCUT2D eigenvalue weighted by Gasteiger charge is 2.31. The first-order valence-electron chi connectivity index (χ1n) is 7.38. The van der Waals surface area contributed by atoms with Crippen molar-refractivity contribution in [2.45, 2.75) is 25.2 Å². The van der Waals surface area contributed by atoms with Crippen molar-refractivity contribution in [3.05, 3.63) is 70.8 Å². The molecule has 3 rings (SSSR count). The Balaban J connectivity index is 2.02. The summed E-state index contributed by atoms with van der Waals surface area (Å²) in [6, 6.07) is 12.4. The second-order valence-corrected chi connectivity index (χ2v) is 5.76. The Hall–Kier alpha value is -1.74. The monoisotopic (exact) mass is 287 g/mol. The fourth-order valence-corrected chi connectivity index (χ4v) is 3.32. The van der Waals surface area contributed by atoms with Crippen LogP contribution >= 0.6 is 0 Å². The van der Waals surface area contributed by atoms with Gasteiger partial charge < -0.3 is 5.32 Å². The summed E-state index contributed by atoms with van der Waals surface area (Å²) in [5, 5.41) is 3.35. The van der Waals surface area contributed by atoms with Crippen LogP contribution in [-0.4, -0.2) is 13.1 Å². The smallest absolute Gasteiger partial charge is 0.129 e. The third kappa shape index (κ3) is 2.84. The molecule has 1 heterocycles. The van der Waals surface area contributed by atoms with E-state index in [0.717, 1.165) is 25.1 Å². The third-order valence-electron chi connectivity index (χ3n) is 4.32. The number of nitrogens with one attached hydrogen (secondary N) is 1. The SMILES string of the molecule is Cc1cccc(C2CNCCC2c2c(F)cccc2F)c1. The van der Waals surface area contributed by atoms with Gasteiger partial charge >= 0.3 is 0 Å². The van der Waals surface area contributed by atoms with Crippen molar-refractivity contribution in [1.82, 2.24) is 5.32 Å². The molecule has 2 aromatic rings. The van der Waals surface area contributed by atoms with Gasteiger partial charge in [0.15, 0.2) is 0 Å². The second-order valence-electron chi connectivity index (χ2n) is 5.76. The number of hydrogen-bond acceptors (Lipinski definition) is 1. The molecule has 0 bridgehead atoms. The van der Waals surface area contributed by atoms with Gasteiger partial charge in [-0.15, -0.1) is 0 Å². The Bertz CT molecular complexity index is 619. The number of aryl methyl sites for hydroxylation is 1. The van der Waals surface area contributed by atoms with Crippen molar-refractivity contribution in [2.24, 2.45) is 0 Å². The summed E-state index contributed by atoms with van der Waals surface area (Å²) in [6.07, 6.45) is 0.746. The fraction of sp³-hybridized carbons (Fsp3) is 0.333. The third-order valence-corrected chi connectivity index (χ3v) is 4.32. The first kappa shape index (κ1) is 14.2. The molecule has 2 unspecified atom stereocenters. The largest absolute Gasteiger partial charge is 0.316 e. The van der Waals surface area contributed by atoms with E-state index >= 15 is 0 Å². The summed E-state index contributed by atoms with van der Waals surface area (Å²) in [5.41, 5.74) is 2.56. The molecule has 1 aliphatic heterocycles. The summed E-state index contributed by atoms with van der Waals surface area (Å²) in [7, 11) is 0. The van der Waals surface area contributed by atoms with Gasteiger partial charge in [0.25, 0.3) is 0 Å². The maximum atomic E-state index is 14.1. The lowest BCUT2D eigenvalue weighted by Gasteiger charge is -2.33. The Morgan fingerprint density at radius 1 is 1.00 bits per heavy atom. The van der Waals surface area contributed by atoms with E-state index in [1.54, 1.807) is 0 Å². The molecule has 1 fully saturated rings. The number of halogens is 2. The molecule has 110 valence electrons. The Morgan fingerprint density at radius 2 is 1.71 bits per heavy atom. The van der Waals surface area contributed by atoms with Crippen molar-refractivity contribution in [3.8, 4) is 0 Å². The summed E-state index contributed by atoms with van der Waals surface area (Å²) in [4.78, 5) is 0. The lowest BCUT2D eigenvalue weighted by Crippen LogP contribution is -2.34. The van der Waals surface area contributed by atoms with Gasteiger partial charge in [-0.3, -0.25) is 0 Å². The molecular formula is C18H19F2N. The molecule has 0 amide bonds. The lowest BCUT2D eigenvalue weighted by molar-refractivity contribution is 0.380. The van der Waals surface area contributed by atoms with Crippen LogP contribution in [0.3, 0.4) is 0 Å². The van der Waals surface area contributed by atoms with Crippen LogP contribution in [-0.2, 0) is 0 Å². The second kappa shape index (κ2) is 5.94. The molecule has 1 nitrogen and oxygen atoms in total. The van der Waals surface area contributed by atoms with Gasteiger partial charge in [0.2, 0.25) is 0 Å². The maximum Gasteiger partial charge on any atom is 0.129 e. The van der Waals surface area contributed by atoms with Gasteiger partial charge in [-0.05, 0) is 43.5 Å². The quantitative estimate of drug-likeness (QED) is 0.875. The highest BCUT2D eigenvalue weighted by Crippen LogP contribution is 2.39. The standard InChI is InChI=1S/C18H19F2N/c1-12-4-2-5-13(10-12)15-11-21-9-8-14(15)18-16(19)6-3-7-17(18)20/h2-7,10,14-15,21H,8-9,11H2,1H3. The van der Waals surface area contributed by atoms with Crippen LogP contribution < -0.4 is 5.32 Å². The van der Waals surface area contributed by atoms with Crippen molar-refractivity contribution in [1.29, 1.82) is 0 Å². The number of piperidine rings is 1. The minimum Gasteiger partial charge on any atom is -0.316 e. The van der Waals surface area contributed by atoms with E-state index in [2.05, 4.69) is 17.4 Å². The van der Waals surface area contributed by atoms with E-state index in [4.69, 9.17) is 0 Å². The Morgan fingerprint density at radius 3 is 2.43 bits per heavy atom. The van der Waals surface area contributed by atoms with Crippen molar-refractivity contribution >= 4 is 0 Å². The zero-order valence-corrected chi connectivity index (χ0v) is 12.1. The first-order chi connectivity index (χ1) is 10.2. The molecule has 0 radical (unpaired) electrons. The highest BCUT2D eigenvalue weighted by molar-refractivity contribution is 5.33. The first-order valence-corrected chi connectivity index (χ1v) is 7.38. The Labute approximate surface area is 124 Å². The van der Waals surface area contributed by atoms with Gasteiger partial charge in [-0.1, -0.05) is 35.9 Å². The number of hydrogen-bond donors (Lipinski definition) is 1. The van der Waals surface area contributed by atoms with Crippen LogP contribution in [0.15, 0.2) is 42.5 Å². The van der Waals surface area contributed by atoms with E-state index in [1.165, 1.54) is 23.8 Å². The molecule has 0 spiro atoms. The van der Waals surface area contributed by atoms with Gasteiger partial charge in [-0.2, -0.15) is 0 Å². The van der Waals surface area contributed by atoms with Crippen LogP contribution in [0.2, 0.25) is 0 Å². The maximum absolute atomic E-state index is 14.1. The van der Waals surface area contributed by atoms with Crippen LogP contribution in [0.4, 0.5) is 8.78 Å². The van der Waals surface area contributed by atoms with E-state index in [0.29, 0.717) is 0 Å². The number of benzene rings is 2. The molecule has 1 aliphatic rings. The molecule has 21 heavy (non-hydrogen) atoms. The van der Waals surface area contributed by atoms with Gasteiger partial charge in [0.1, 0.15) is 11.6 Å². The summed E-state index contributed by atoms with van der Waals surface area (Å²) >= 11 is 0. The molecule has 2 aromatic carbocycles. The predicted octanol–water partition coefficient (Wildman–Crippen LogP) is 4.13. The summed E-state index contributed by atoms with van der Waals surface area (Å²) in [6.45, 7) is 3.58. The number of rotatable bonds is 2. The fourth-order valence-electron chi connectivity index (χ4n) is 3.32. The van der Waals surface area contributed by atoms with E-state index < -0.39 is 11.6 Å². The van der Waals surface area contributed by atoms with Crippen LogP contribution in [0.5, 0.6) is 0 Å². The van der Waals surface area contributed by atoms with E-state index in [9.17, 15) is 8.78 Å². The molecule has 0 saturated carbocycles. The zero-order chi connectivity index (χ0) is 14.8. The average molecular weight is 287 g/mol. The molecule has 1 N–H and O–H groups in total. The molecular weight excluding hydrogens is 268 g/mol. The summed E-state index contributed by atoms with van der Waals surface area (Å²) < 4.78 is 28.3. The minimum absolute atomic E-state index is 0.102. The molecule has 1 saturated heterocycles. The van der Waals surface area contributed by atoms with E-state index in [1.807, 2.05) is 19.1 Å². The minimum atomic E-state index is -0.431. The normalized spacial score (nSPS) is 22.2. The molecule has 0 aliphatic carbocycles.